The largest absolute Gasteiger partial charge is 0.497 e. The Kier molecular flexibility index (Phi) is 4.94. The summed E-state index contributed by atoms with van der Waals surface area (Å²) in [6.45, 7) is 0.442. The highest BCUT2D eigenvalue weighted by Gasteiger charge is 2.12. The number of pyridine rings is 1. The molecule has 0 unspecified atom stereocenters. The van der Waals surface area contributed by atoms with E-state index in [1.54, 1.807) is 55.6 Å². The number of benzene rings is 1. The standard InChI is InChI=1S/C18H18N4O3/c1-24-14-7-6-13(16(11-14)25-2)12-22-17(8-10-20-22)21-18(23)15-5-3-4-9-19-15/h3-11H,12H2,1-2H3,(H,21,23). The van der Waals surface area contributed by atoms with E-state index in [0.29, 0.717) is 29.6 Å². The molecule has 3 rings (SSSR count). The molecular formula is C18H18N4O3. The molecule has 1 N–H and O–H groups in total. The van der Waals surface area contributed by atoms with Crippen molar-refractivity contribution in [1.29, 1.82) is 0 Å². The summed E-state index contributed by atoms with van der Waals surface area (Å²) in [4.78, 5) is 16.3. The quantitative estimate of drug-likeness (QED) is 0.747. The van der Waals surface area contributed by atoms with Gasteiger partial charge in [-0.3, -0.25) is 9.78 Å². The lowest BCUT2D eigenvalue weighted by Crippen LogP contribution is -2.17. The number of hydrogen-bond donors (Lipinski definition) is 1. The fourth-order valence-corrected chi connectivity index (χ4v) is 2.39. The molecule has 0 fully saturated rings. The Morgan fingerprint density at radius 1 is 1.12 bits per heavy atom. The molecule has 2 aromatic heterocycles. The van der Waals surface area contributed by atoms with Crippen LogP contribution in [0.4, 0.5) is 5.82 Å². The number of nitrogens with one attached hydrogen (secondary N) is 1. The van der Waals surface area contributed by atoms with Crippen LogP contribution in [0.25, 0.3) is 0 Å². The van der Waals surface area contributed by atoms with Crippen LogP contribution in [-0.2, 0) is 6.54 Å². The van der Waals surface area contributed by atoms with Crippen molar-refractivity contribution in [3.05, 3.63) is 66.1 Å². The summed E-state index contributed by atoms with van der Waals surface area (Å²) in [5, 5.41) is 7.09. The van der Waals surface area contributed by atoms with Gasteiger partial charge in [0.2, 0.25) is 0 Å². The molecule has 25 heavy (non-hydrogen) atoms. The van der Waals surface area contributed by atoms with Crippen LogP contribution in [0.2, 0.25) is 0 Å². The summed E-state index contributed by atoms with van der Waals surface area (Å²) in [5.41, 5.74) is 1.26. The van der Waals surface area contributed by atoms with Crippen molar-refractivity contribution >= 4 is 11.7 Å². The first-order valence-corrected chi connectivity index (χ1v) is 7.66. The normalized spacial score (nSPS) is 10.3. The van der Waals surface area contributed by atoms with Gasteiger partial charge in [0.25, 0.3) is 5.91 Å². The number of carbonyl (C=O) groups excluding carboxylic acids is 1. The fourth-order valence-electron chi connectivity index (χ4n) is 2.39. The average molecular weight is 338 g/mol. The van der Waals surface area contributed by atoms with Gasteiger partial charge in [0.1, 0.15) is 23.0 Å². The lowest BCUT2D eigenvalue weighted by atomic mass is 10.2. The molecule has 0 aliphatic rings. The number of ether oxygens (including phenoxy) is 2. The van der Waals surface area contributed by atoms with Crippen molar-refractivity contribution in [3.8, 4) is 11.5 Å². The molecule has 0 radical (unpaired) electrons. The molecule has 0 saturated heterocycles. The summed E-state index contributed by atoms with van der Waals surface area (Å²) < 4.78 is 12.3. The van der Waals surface area contributed by atoms with E-state index in [0.717, 1.165) is 5.56 Å². The number of aromatic nitrogens is 3. The van der Waals surface area contributed by atoms with Crippen LogP contribution in [0, 0.1) is 0 Å². The molecular weight excluding hydrogens is 320 g/mol. The minimum absolute atomic E-state index is 0.288. The maximum Gasteiger partial charge on any atom is 0.275 e. The average Bonchev–Trinajstić information content (AvgIpc) is 3.09. The second-order valence-electron chi connectivity index (χ2n) is 5.22. The maximum atomic E-state index is 12.3. The van der Waals surface area contributed by atoms with E-state index in [1.165, 1.54) is 0 Å². The van der Waals surface area contributed by atoms with Gasteiger partial charge in [-0.2, -0.15) is 5.10 Å². The van der Waals surface area contributed by atoms with Crippen molar-refractivity contribution in [1.82, 2.24) is 14.8 Å². The van der Waals surface area contributed by atoms with Crippen molar-refractivity contribution in [2.45, 2.75) is 6.54 Å². The van der Waals surface area contributed by atoms with Gasteiger partial charge in [-0.05, 0) is 24.3 Å². The first kappa shape index (κ1) is 16.5. The van der Waals surface area contributed by atoms with Crippen molar-refractivity contribution < 1.29 is 14.3 Å². The number of nitrogens with zero attached hydrogens (tertiary/aromatic N) is 3. The van der Waals surface area contributed by atoms with Crippen LogP contribution in [0.5, 0.6) is 11.5 Å². The third kappa shape index (κ3) is 3.77. The molecule has 7 heteroatoms. The highest BCUT2D eigenvalue weighted by molar-refractivity contribution is 6.02. The molecule has 0 aliphatic heterocycles. The topological polar surface area (TPSA) is 78.3 Å². The minimum Gasteiger partial charge on any atom is -0.497 e. The highest BCUT2D eigenvalue weighted by atomic mass is 16.5. The monoisotopic (exact) mass is 338 g/mol. The van der Waals surface area contributed by atoms with Crippen LogP contribution in [0.3, 0.4) is 0 Å². The van der Waals surface area contributed by atoms with Crippen molar-refractivity contribution in [3.63, 3.8) is 0 Å². The molecule has 0 aliphatic carbocycles. The number of hydrogen-bond acceptors (Lipinski definition) is 5. The molecule has 0 atom stereocenters. The number of anilines is 1. The summed E-state index contributed by atoms with van der Waals surface area (Å²) in [7, 11) is 3.21. The van der Waals surface area contributed by atoms with Crippen LogP contribution in [0.15, 0.2) is 54.9 Å². The predicted molar refractivity (Wildman–Crippen MR) is 93.1 cm³/mol. The van der Waals surface area contributed by atoms with E-state index in [2.05, 4.69) is 15.4 Å². The Morgan fingerprint density at radius 2 is 2.00 bits per heavy atom. The van der Waals surface area contributed by atoms with E-state index in [4.69, 9.17) is 9.47 Å². The Hall–Kier alpha value is -3.35. The van der Waals surface area contributed by atoms with Gasteiger partial charge < -0.3 is 14.8 Å². The summed E-state index contributed by atoms with van der Waals surface area (Å²) in [6, 6.07) is 12.5. The van der Waals surface area contributed by atoms with E-state index < -0.39 is 0 Å². The van der Waals surface area contributed by atoms with E-state index in [-0.39, 0.29) is 5.91 Å². The zero-order valence-corrected chi connectivity index (χ0v) is 14.0. The van der Waals surface area contributed by atoms with E-state index >= 15 is 0 Å². The van der Waals surface area contributed by atoms with Crippen LogP contribution >= 0.6 is 0 Å². The molecule has 0 saturated carbocycles. The predicted octanol–water partition coefficient (Wildman–Crippen LogP) is 2.60. The second-order valence-corrected chi connectivity index (χ2v) is 5.22. The molecule has 0 bridgehead atoms. The van der Waals surface area contributed by atoms with Gasteiger partial charge in [-0.25, -0.2) is 4.68 Å². The van der Waals surface area contributed by atoms with Crippen LogP contribution in [0.1, 0.15) is 16.1 Å². The third-order valence-corrected chi connectivity index (χ3v) is 3.67. The molecule has 128 valence electrons. The first-order chi connectivity index (χ1) is 12.2. The van der Waals surface area contributed by atoms with Gasteiger partial charge in [-0.15, -0.1) is 0 Å². The Bertz CT molecular complexity index is 862. The number of amides is 1. The lowest BCUT2D eigenvalue weighted by molar-refractivity contribution is 0.102. The molecule has 0 spiro atoms. The van der Waals surface area contributed by atoms with Crippen molar-refractivity contribution in [2.75, 3.05) is 19.5 Å². The Morgan fingerprint density at radius 3 is 2.72 bits per heavy atom. The maximum absolute atomic E-state index is 12.3. The van der Waals surface area contributed by atoms with Gasteiger partial charge in [-0.1, -0.05) is 6.07 Å². The van der Waals surface area contributed by atoms with Gasteiger partial charge in [0, 0.05) is 23.9 Å². The second kappa shape index (κ2) is 7.48. The zero-order valence-electron chi connectivity index (χ0n) is 14.0. The SMILES string of the molecule is COc1ccc(Cn2nccc2NC(=O)c2ccccn2)c(OC)c1. The van der Waals surface area contributed by atoms with Crippen LogP contribution in [-0.4, -0.2) is 34.9 Å². The number of rotatable bonds is 6. The van der Waals surface area contributed by atoms with E-state index in [9.17, 15) is 4.79 Å². The fraction of sp³-hybridized carbons (Fsp3) is 0.167. The molecule has 7 nitrogen and oxygen atoms in total. The summed E-state index contributed by atoms with van der Waals surface area (Å²) in [5.74, 6) is 1.69. The van der Waals surface area contributed by atoms with Gasteiger partial charge in [0.05, 0.1) is 27.0 Å². The summed E-state index contributed by atoms with van der Waals surface area (Å²) >= 11 is 0. The van der Waals surface area contributed by atoms with Crippen molar-refractivity contribution in [2.24, 2.45) is 0 Å². The Balaban J connectivity index is 1.79. The van der Waals surface area contributed by atoms with E-state index in [1.807, 2.05) is 18.2 Å². The number of methoxy groups -OCH3 is 2. The first-order valence-electron chi connectivity index (χ1n) is 7.66. The summed E-state index contributed by atoms with van der Waals surface area (Å²) in [6.07, 6.45) is 3.21. The zero-order chi connectivity index (χ0) is 17.6. The van der Waals surface area contributed by atoms with Gasteiger partial charge in [0.15, 0.2) is 0 Å². The van der Waals surface area contributed by atoms with Gasteiger partial charge >= 0.3 is 0 Å². The Labute approximate surface area is 145 Å². The lowest BCUT2D eigenvalue weighted by Gasteiger charge is -2.13. The highest BCUT2D eigenvalue weighted by Crippen LogP contribution is 2.26. The number of carbonyl (C=O) groups is 1. The molecule has 1 amide bonds. The molecule has 2 heterocycles. The van der Waals surface area contributed by atoms with Crippen LogP contribution < -0.4 is 14.8 Å². The smallest absolute Gasteiger partial charge is 0.275 e. The minimum atomic E-state index is -0.288. The molecule has 3 aromatic rings. The molecule has 1 aromatic carbocycles. The third-order valence-electron chi connectivity index (χ3n) is 3.67.